The number of rotatable bonds is 9. The van der Waals surface area contributed by atoms with Crippen molar-refractivity contribution in [2.24, 2.45) is 4.99 Å². The van der Waals surface area contributed by atoms with E-state index in [0.29, 0.717) is 50.8 Å². The average Bonchev–Trinajstić information content (AvgIpc) is 3.23. The van der Waals surface area contributed by atoms with Gasteiger partial charge < -0.3 is 25.2 Å². The number of halogens is 3. The van der Waals surface area contributed by atoms with Crippen molar-refractivity contribution in [2.45, 2.75) is 65.5 Å². The van der Waals surface area contributed by atoms with Gasteiger partial charge in [-0.1, -0.05) is 18.8 Å². The van der Waals surface area contributed by atoms with E-state index in [2.05, 4.69) is 42.5 Å². The summed E-state index contributed by atoms with van der Waals surface area (Å²) in [6.45, 7) is 15.5. The van der Waals surface area contributed by atoms with Crippen molar-refractivity contribution in [3.8, 4) is 0 Å². The van der Waals surface area contributed by atoms with Crippen LogP contribution in [0.25, 0.3) is 6.08 Å². The smallest absolute Gasteiger partial charge is 0.432 e. The number of ether oxygens (including phenoxy) is 1. The molecule has 1 amide bonds. The topological polar surface area (TPSA) is 124 Å². The highest BCUT2D eigenvalue weighted by Gasteiger charge is 2.43. The Labute approximate surface area is 239 Å². The van der Waals surface area contributed by atoms with Crippen molar-refractivity contribution in [1.82, 2.24) is 25.5 Å². The van der Waals surface area contributed by atoms with E-state index in [0.717, 1.165) is 12.8 Å². The van der Waals surface area contributed by atoms with Crippen LogP contribution in [0.4, 0.5) is 35.3 Å². The predicted molar refractivity (Wildman–Crippen MR) is 154 cm³/mol. The molecule has 1 aromatic heterocycles. The van der Waals surface area contributed by atoms with E-state index in [1.807, 2.05) is 18.7 Å². The third kappa shape index (κ3) is 9.28. The van der Waals surface area contributed by atoms with E-state index in [9.17, 15) is 18.0 Å². The zero-order valence-electron chi connectivity index (χ0n) is 24.4. The molecule has 0 radical (unpaired) electrons. The molecule has 1 fully saturated rings. The highest BCUT2D eigenvalue weighted by Crippen LogP contribution is 2.42. The molecule has 4 N–H and O–H groups in total. The first kappa shape index (κ1) is 32.1. The Hall–Kier alpha value is -3.46. The molecule has 12 nitrogen and oxygen atoms in total. The van der Waals surface area contributed by atoms with Crippen molar-refractivity contribution in [1.29, 1.82) is 0 Å². The molecule has 3 rings (SSSR count). The standard InChI is InChI=1S/C26H41F3N10O2/c1-7-13-37(14-8-2)20-19-21(39(17-26(27,28)29)23(35-19)38-15-11-31-12-16-38)34-18(33-20)9-10-32-22(30-6)36-24(40)41-25(3,4)5/h9-10,23,31,35H,6-8,11-17H2,1-5H3,(H,32,36,40)/p+1/b10-9+. The molecular formula is C26H42F3N10O2+. The molecule has 228 valence electrons. The second-order valence-electron chi connectivity index (χ2n) is 10.7. The van der Waals surface area contributed by atoms with Crippen LogP contribution in [0.3, 0.4) is 0 Å². The number of fused-ring (bicyclic) bond motifs is 1. The largest absolute Gasteiger partial charge is 0.476 e. The number of alkyl halides is 3. The van der Waals surface area contributed by atoms with Crippen LogP contribution in [0.15, 0.2) is 11.2 Å². The Kier molecular flexibility index (Phi) is 10.9. The van der Waals surface area contributed by atoms with Crippen LogP contribution in [0, 0.1) is 0 Å². The van der Waals surface area contributed by atoms with E-state index in [1.54, 1.807) is 20.8 Å². The number of nitrogens with zero attached hydrogens (tertiary/aromatic N) is 6. The minimum absolute atomic E-state index is 0.00890. The maximum atomic E-state index is 13.8. The van der Waals surface area contributed by atoms with Gasteiger partial charge >= 0.3 is 18.2 Å². The molecular weight excluding hydrogens is 541 g/mol. The van der Waals surface area contributed by atoms with Gasteiger partial charge in [0.05, 0.1) is 0 Å². The number of aliphatic imine (C=N–C) groups is 1. The molecule has 0 aromatic carbocycles. The van der Waals surface area contributed by atoms with Gasteiger partial charge in [-0.05, 0) is 33.6 Å². The maximum Gasteiger partial charge on any atom is 0.476 e. The van der Waals surface area contributed by atoms with Gasteiger partial charge in [0.15, 0.2) is 23.7 Å². The first-order valence-corrected chi connectivity index (χ1v) is 13.8. The summed E-state index contributed by atoms with van der Waals surface area (Å²) in [6, 6.07) is 0. The number of amides is 1. The third-order valence-electron chi connectivity index (χ3n) is 6.08. The Balaban J connectivity index is 2.02. The summed E-state index contributed by atoms with van der Waals surface area (Å²) in [4.78, 5) is 33.3. The number of hydrogen-bond donors (Lipinski definition) is 4. The summed E-state index contributed by atoms with van der Waals surface area (Å²) in [5.41, 5.74) is -0.227. The van der Waals surface area contributed by atoms with Crippen LogP contribution in [-0.4, -0.2) is 97.5 Å². The lowest BCUT2D eigenvalue weighted by Crippen LogP contribution is -2.76. The summed E-state index contributed by atoms with van der Waals surface area (Å²) in [6.07, 6.45) is -1.42. The normalized spacial score (nSPS) is 18.3. The Bertz CT molecular complexity index is 1110. The van der Waals surface area contributed by atoms with E-state index >= 15 is 0 Å². The minimum atomic E-state index is -4.45. The highest BCUT2D eigenvalue weighted by molar-refractivity contribution is 5.89. The van der Waals surface area contributed by atoms with Crippen molar-refractivity contribution in [3.05, 3.63) is 12.0 Å². The second-order valence-corrected chi connectivity index (χ2v) is 10.7. The molecule has 2 aliphatic rings. The lowest BCUT2D eigenvalue weighted by Gasteiger charge is -2.38. The van der Waals surface area contributed by atoms with Gasteiger partial charge in [-0.2, -0.15) is 18.5 Å². The van der Waals surface area contributed by atoms with Gasteiger partial charge in [0.25, 0.3) is 0 Å². The summed E-state index contributed by atoms with van der Waals surface area (Å²) >= 11 is 0. The number of carbonyl (C=O) groups is 1. The van der Waals surface area contributed by atoms with Crippen molar-refractivity contribution < 1.29 is 27.7 Å². The Morgan fingerprint density at radius 3 is 2.44 bits per heavy atom. The predicted octanol–water partition coefficient (Wildman–Crippen LogP) is 1.72. The number of carbonyl (C=O) groups excluding carboxylic acids is 1. The number of piperazine rings is 1. The summed E-state index contributed by atoms with van der Waals surface area (Å²) < 4.78 is 46.7. The number of nitrogens with one attached hydrogen (secondary N) is 4. The third-order valence-corrected chi connectivity index (χ3v) is 6.08. The fourth-order valence-corrected chi connectivity index (χ4v) is 4.55. The number of guanidine groups is 1. The molecule has 15 heteroatoms. The monoisotopic (exact) mass is 583 g/mol. The van der Waals surface area contributed by atoms with Crippen LogP contribution >= 0.6 is 0 Å². The second kappa shape index (κ2) is 13.9. The van der Waals surface area contributed by atoms with E-state index in [1.165, 1.54) is 17.2 Å². The number of alkyl carbamates (subject to hydrolysis) is 1. The quantitative estimate of drug-likeness (QED) is 0.254. The summed E-state index contributed by atoms with van der Waals surface area (Å²) in [5.74, 6) is 0.901. The first-order chi connectivity index (χ1) is 19.3. The zero-order chi connectivity index (χ0) is 30.2. The van der Waals surface area contributed by atoms with Gasteiger partial charge in [0.2, 0.25) is 0 Å². The fourth-order valence-electron chi connectivity index (χ4n) is 4.55. The fraction of sp³-hybridized carbons (Fsp3) is 0.654. The first-order valence-electron chi connectivity index (χ1n) is 13.8. The molecule has 3 heterocycles. The maximum absolute atomic E-state index is 13.8. The van der Waals surface area contributed by atoms with Crippen molar-refractivity contribution in [3.63, 3.8) is 0 Å². The van der Waals surface area contributed by atoms with Gasteiger partial charge in [0.1, 0.15) is 24.0 Å². The molecule has 1 atom stereocenters. The Morgan fingerprint density at radius 2 is 1.88 bits per heavy atom. The zero-order valence-corrected chi connectivity index (χ0v) is 24.4. The lowest BCUT2D eigenvalue weighted by molar-refractivity contribution is -0.308. The van der Waals surface area contributed by atoms with Crippen LogP contribution in [-0.2, 0) is 4.74 Å². The summed E-state index contributed by atoms with van der Waals surface area (Å²) in [7, 11) is 0. The Morgan fingerprint density at radius 1 is 1.22 bits per heavy atom. The van der Waals surface area contributed by atoms with E-state index in [-0.39, 0.29) is 17.6 Å². The number of hydrogen-bond acceptors (Lipinski definition) is 10. The number of aromatic nitrogens is 2. The lowest BCUT2D eigenvalue weighted by atomic mass is 10.2. The molecule has 0 saturated carbocycles. The molecule has 0 bridgehead atoms. The molecule has 2 aliphatic heterocycles. The van der Waals surface area contributed by atoms with Crippen LogP contribution in [0.5, 0.6) is 0 Å². The molecule has 0 spiro atoms. The molecule has 1 aromatic rings. The van der Waals surface area contributed by atoms with E-state index < -0.39 is 30.7 Å². The van der Waals surface area contributed by atoms with Gasteiger partial charge in [-0.3, -0.25) is 9.89 Å². The SMILES string of the molecule is C=[NH+]C(=N/C=C/c1nc(N(CCC)CCC)c2c(n1)N(CC(F)(F)F)C(N1CCNCC1)N2)NC(=O)OC(C)(C)C. The van der Waals surface area contributed by atoms with E-state index in [4.69, 9.17) is 9.72 Å². The van der Waals surface area contributed by atoms with Crippen LogP contribution in [0.2, 0.25) is 0 Å². The average molecular weight is 584 g/mol. The van der Waals surface area contributed by atoms with Gasteiger partial charge in [-0.15, -0.1) is 0 Å². The molecule has 41 heavy (non-hydrogen) atoms. The molecule has 1 saturated heterocycles. The minimum Gasteiger partial charge on any atom is -0.432 e. The summed E-state index contributed by atoms with van der Waals surface area (Å²) in [5, 5.41) is 9.01. The number of anilines is 3. The van der Waals surface area contributed by atoms with Gasteiger partial charge in [0, 0.05) is 52.1 Å². The van der Waals surface area contributed by atoms with Crippen molar-refractivity contribution in [2.75, 3.05) is 60.9 Å². The molecule has 1 unspecified atom stereocenters. The van der Waals surface area contributed by atoms with Crippen LogP contribution in [0.1, 0.15) is 53.3 Å². The highest BCUT2D eigenvalue weighted by atomic mass is 19.4. The van der Waals surface area contributed by atoms with Crippen LogP contribution < -0.4 is 30.7 Å². The van der Waals surface area contributed by atoms with Crippen molar-refractivity contribution >= 4 is 42.2 Å². The molecule has 0 aliphatic carbocycles. The van der Waals surface area contributed by atoms with Gasteiger partial charge in [-0.25, -0.2) is 14.8 Å².